The molecule has 2 aromatic rings. The number of rotatable bonds is 5. The Bertz CT molecular complexity index is 537. The van der Waals surface area contributed by atoms with E-state index in [1.54, 1.807) is 24.1 Å². The predicted molar refractivity (Wildman–Crippen MR) is 70.9 cm³/mol. The molecule has 0 aliphatic rings. The number of anilines is 1. The third kappa shape index (κ3) is 3.89. The topological polar surface area (TPSA) is 80.0 Å². The van der Waals surface area contributed by atoms with E-state index >= 15 is 0 Å². The van der Waals surface area contributed by atoms with Crippen molar-refractivity contribution < 1.29 is 9.90 Å². The van der Waals surface area contributed by atoms with E-state index in [2.05, 4.69) is 15.5 Å². The van der Waals surface area contributed by atoms with Crippen LogP contribution in [-0.4, -0.2) is 31.9 Å². The lowest BCUT2D eigenvalue weighted by Gasteiger charge is -2.08. The second-order valence-electron chi connectivity index (χ2n) is 4.36. The van der Waals surface area contributed by atoms with Gasteiger partial charge in [0.05, 0.1) is 11.8 Å². The summed E-state index contributed by atoms with van der Waals surface area (Å²) in [6.45, 7) is 1.67. The van der Waals surface area contributed by atoms with Gasteiger partial charge in [-0.1, -0.05) is 6.07 Å². The van der Waals surface area contributed by atoms with E-state index < -0.39 is 6.10 Å². The van der Waals surface area contributed by atoms with Crippen LogP contribution in [0, 0.1) is 0 Å². The number of nitrogens with one attached hydrogen (secondary N) is 1. The van der Waals surface area contributed by atoms with Crippen molar-refractivity contribution in [2.45, 2.75) is 25.9 Å². The molecule has 1 amide bonds. The average molecular weight is 260 g/mol. The van der Waals surface area contributed by atoms with E-state index in [4.69, 9.17) is 5.11 Å². The van der Waals surface area contributed by atoms with Crippen LogP contribution in [0.1, 0.15) is 19.8 Å². The molecule has 1 aromatic carbocycles. The van der Waals surface area contributed by atoms with Gasteiger partial charge in [-0.05, 0) is 31.5 Å². The fourth-order valence-electron chi connectivity index (χ4n) is 1.64. The third-order valence-corrected chi connectivity index (χ3v) is 2.64. The summed E-state index contributed by atoms with van der Waals surface area (Å²) in [5, 5.41) is 19.4. The molecule has 0 bridgehead atoms. The highest BCUT2D eigenvalue weighted by atomic mass is 16.3. The Morgan fingerprint density at radius 2 is 2.16 bits per heavy atom. The number of aliphatic hydroxyl groups excluding tert-OH is 1. The van der Waals surface area contributed by atoms with Crippen molar-refractivity contribution in [3.8, 4) is 5.69 Å². The van der Waals surface area contributed by atoms with Crippen molar-refractivity contribution in [1.82, 2.24) is 14.8 Å². The summed E-state index contributed by atoms with van der Waals surface area (Å²) in [6.07, 6.45) is 3.47. The number of amides is 1. The van der Waals surface area contributed by atoms with Gasteiger partial charge in [0.15, 0.2) is 0 Å². The molecule has 0 aliphatic heterocycles. The first-order valence-corrected chi connectivity index (χ1v) is 6.08. The Balaban J connectivity index is 2.01. The molecule has 100 valence electrons. The molecule has 1 unspecified atom stereocenters. The fraction of sp³-hybridized carbons (Fsp3) is 0.308. The van der Waals surface area contributed by atoms with E-state index in [-0.39, 0.29) is 5.91 Å². The van der Waals surface area contributed by atoms with Crippen LogP contribution >= 0.6 is 0 Å². The molecule has 2 N–H and O–H groups in total. The van der Waals surface area contributed by atoms with Crippen LogP contribution in [-0.2, 0) is 4.79 Å². The minimum Gasteiger partial charge on any atom is -0.393 e. The summed E-state index contributed by atoms with van der Waals surface area (Å²) in [5.74, 6) is -0.109. The summed E-state index contributed by atoms with van der Waals surface area (Å²) in [5.41, 5.74) is 1.58. The first kappa shape index (κ1) is 13.2. The summed E-state index contributed by atoms with van der Waals surface area (Å²) in [7, 11) is 0. The lowest BCUT2D eigenvalue weighted by Crippen LogP contribution is -2.14. The van der Waals surface area contributed by atoms with Gasteiger partial charge in [-0.25, -0.2) is 0 Å². The number of carbonyl (C=O) groups is 1. The smallest absolute Gasteiger partial charge is 0.224 e. The summed E-state index contributed by atoms with van der Waals surface area (Å²) >= 11 is 0. The Morgan fingerprint density at radius 1 is 1.42 bits per heavy atom. The quantitative estimate of drug-likeness (QED) is 0.850. The highest BCUT2D eigenvalue weighted by molar-refractivity contribution is 5.90. The van der Waals surface area contributed by atoms with Crippen molar-refractivity contribution >= 4 is 11.6 Å². The first-order valence-electron chi connectivity index (χ1n) is 6.08. The van der Waals surface area contributed by atoms with E-state index in [0.717, 1.165) is 5.69 Å². The minimum absolute atomic E-state index is 0.109. The summed E-state index contributed by atoms with van der Waals surface area (Å²) in [6, 6.07) is 7.40. The Morgan fingerprint density at radius 3 is 2.84 bits per heavy atom. The molecular formula is C13H16N4O2. The summed E-state index contributed by atoms with van der Waals surface area (Å²) in [4.78, 5) is 11.7. The van der Waals surface area contributed by atoms with Gasteiger partial charge in [0.2, 0.25) is 5.91 Å². The Labute approximate surface area is 111 Å². The normalized spacial score (nSPS) is 12.1. The SMILES string of the molecule is CC(O)CCC(=O)Nc1cccc(-n2cnnc2)c1. The zero-order valence-electron chi connectivity index (χ0n) is 10.7. The van der Waals surface area contributed by atoms with Gasteiger partial charge in [-0.3, -0.25) is 9.36 Å². The van der Waals surface area contributed by atoms with Gasteiger partial charge < -0.3 is 10.4 Å². The molecule has 0 saturated carbocycles. The molecule has 2 rings (SSSR count). The second kappa shape index (κ2) is 6.10. The number of aliphatic hydroxyl groups is 1. The number of aromatic nitrogens is 3. The van der Waals surface area contributed by atoms with Gasteiger partial charge in [0.25, 0.3) is 0 Å². The number of nitrogens with zero attached hydrogens (tertiary/aromatic N) is 3. The lowest BCUT2D eigenvalue weighted by atomic mass is 10.2. The maximum atomic E-state index is 11.7. The number of carbonyl (C=O) groups excluding carboxylic acids is 1. The molecule has 0 aliphatic carbocycles. The van der Waals surface area contributed by atoms with Crippen molar-refractivity contribution in [1.29, 1.82) is 0 Å². The lowest BCUT2D eigenvalue weighted by molar-refractivity contribution is -0.116. The van der Waals surface area contributed by atoms with Crippen molar-refractivity contribution in [3.05, 3.63) is 36.9 Å². The standard InChI is InChI=1S/C13H16N4O2/c1-10(18)5-6-13(19)16-11-3-2-4-12(7-11)17-8-14-15-9-17/h2-4,7-10,18H,5-6H2,1H3,(H,16,19). The Kier molecular flexibility index (Phi) is 4.25. The molecule has 0 radical (unpaired) electrons. The highest BCUT2D eigenvalue weighted by Gasteiger charge is 2.05. The van der Waals surface area contributed by atoms with Crippen LogP contribution in [0.3, 0.4) is 0 Å². The van der Waals surface area contributed by atoms with Crippen molar-refractivity contribution in [2.24, 2.45) is 0 Å². The number of hydrogen-bond acceptors (Lipinski definition) is 4. The largest absolute Gasteiger partial charge is 0.393 e. The molecular weight excluding hydrogens is 244 g/mol. The number of hydrogen-bond donors (Lipinski definition) is 2. The Hall–Kier alpha value is -2.21. The molecule has 0 saturated heterocycles. The van der Waals surface area contributed by atoms with Crippen LogP contribution in [0.15, 0.2) is 36.9 Å². The van der Waals surface area contributed by atoms with Gasteiger partial charge in [-0.15, -0.1) is 10.2 Å². The molecule has 1 heterocycles. The zero-order chi connectivity index (χ0) is 13.7. The maximum Gasteiger partial charge on any atom is 0.224 e. The molecule has 1 atom stereocenters. The van der Waals surface area contributed by atoms with Crippen molar-refractivity contribution in [3.63, 3.8) is 0 Å². The van der Waals surface area contributed by atoms with Crippen LogP contribution in [0.25, 0.3) is 5.69 Å². The minimum atomic E-state index is -0.464. The van der Waals surface area contributed by atoms with Gasteiger partial charge in [0.1, 0.15) is 12.7 Å². The third-order valence-electron chi connectivity index (χ3n) is 2.64. The summed E-state index contributed by atoms with van der Waals surface area (Å²) < 4.78 is 1.76. The predicted octanol–water partition coefficient (Wildman–Crippen LogP) is 1.37. The first-order chi connectivity index (χ1) is 9.15. The molecule has 6 heteroatoms. The van der Waals surface area contributed by atoms with E-state index in [9.17, 15) is 4.79 Å². The number of benzene rings is 1. The van der Waals surface area contributed by atoms with E-state index in [1.807, 2.05) is 24.3 Å². The average Bonchev–Trinajstić information content (AvgIpc) is 2.90. The fourth-order valence-corrected chi connectivity index (χ4v) is 1.64. The van der Waals surface area contributed by atoms with Crippen LogP contribution in [0.5, 0.6) is 0 Å². The van der Waals surface area contributed by atoms with Gasteiger partial charge in [0, 0.05) is 12.1 Å². The maximum absolute atomic E-state index is 11.7. The molecule has 0 fully saturated rings. The molecule has 6 nitrogen and oxygen atoms in total. The molecule has 1 aromatic heterocycles. The van der Waals surface area contributed by atoms with Crippen LogP contribution in [0.4, 0.5) is 5.69 Å². The highest BCUT2D eigenvalue weighted by Crippen LogP contribution is 2.14. The van der Waals surface area contributed by atoms with Gasteiger partial charge in [-0.2, -0.15) is 0 Å². The van der Waals surface area contributed by atoms with Gasteiger partial charge >= 0.3 is 0 Å². The van der Waals surface area contributed by atoms with E-state index in [0.29, 0.717) is 18.5 Å². The van der Waals surface area contributed by atoms with Crippen LogP contribution < -0.4 is 5.32 Å². The van der Waals surface area contributed by atoms with Crippen molar-refractivity contribution in [2.75, 3.05) is 5.32 Å². The van der Waals surface area contributed by atoms with Crippen LogP contribution in [0.2, 0.25) is 0 Å². The second-order valence-corrected chi connectivity index (χ2v) is 4.36. The zero-order valence-corrected chi connectivity index (χ0v) is 10.7. The molecule has 0 spiro atoms. The molecule has 19 heavy (non-hydrogen) atoms. The van der Waals surface area contributed by atoms with E-state index in [1.165, 1.54) is 0 Å². The monoisotopic (exact) mass is 260 g/mol.